The Balaban J connectivity index is 2.03. The van der Waals surface area contributed by atoms with Gasteiger partial charge in [0.05, 0.1) is 34.5 Å². The summed E-state index contributed by atoms with van der Waals surface area (Å²) in [5, 5.41) is 3.82. The largest absolute Gasteiger partial charge is 0.497 e. The Morgan fingerprint density at radius 2 is 1.76 bits per heavy atom. The number of rotatable bonds is 3. The lowest BCUT2D eigenvalue weighted by atomic mass is 10.2. The molecule has 5 heteroatoms. The highest BCUT2D eigenvalue weighted by molar-refractivity contribution is 6.33. The highest BCUT2D eigenvalue weighted by Gasteiger charge is 2.08. The number of ether oxygens (including phenoxy) is 1. The Labute approximate surface area is 127 Å². The molecule has 0 saturated carbocycles. The van der Waals surface area contributed by atoms with E-state index in [1.165, 1.54) is 0 Å². The normalized spacial score (nSPS) is 10.6. The van der Waals surface area contributed by atoms with Crippen molar-refractivity contribution in [1.29, 1.82) is 0 Å². The minimum atomic E-state index is 0.602. The van der Waals surface area contributed by atoms with Crippen LogP contribution in [-0.4, -0.2) is 17.1 Å². The average molecular weight is 300 g/mol. The number of nitrogens with one attached hydrogen (secondary N) is 1. The summed E-state index contributed by atoms with van der Waals surface area (Å²) in [5.41, 5.74) is 3.26. The fourth-order valence-corrected chi connectivity index (χ4v) is 2.23. The average Bonchev–Trinajstić information content (AvgIpc) is 2.50. The van der Waals surface area contributed by atoms with Gasteiger partial charge < -0.3 is 10.1 Å². The minimum absolute atomic E-state index is 0.602. The smallest absolute Gasteiger partial charge is 0.152 e. The fourth-order valence-electron chi connectivity index (χ4n) is 2.06. The third kappa shape index (κ3) is 2.76. The third-order valence-electron chi connectivity index (χ3n) is 3.17. The van der Waals surface area contributed by atoms with Gasteiger partial charge in [0.25, 0.3) is 0 Å². The lowest BCUT2D eigenvalue weighted by Crippen LogP contribution is -2.00. The number of halogens is 1. The molecule has 2 aromatic carbocycles. The molecule has 1 N–H and O–H groups in total. The van der Waals surface area contributed by atoms with Crippen LogP contribution in [0.5, 0.6) is 5.75 Å². The van der Waals surface area contributed by atoms with E-state index < -0.39 is 0 Å². The molecular weight excluding hydrogens is 286 g/mol. The summed E-state index contributed by atoms with van der Waals surface area (Å²) in [4.78, 5) is 9.14. The van der Waals surface area contributed by atoms with Crippen LogP contribution >= 0.6 is 11.6 Å². The SMILES string of the molecule is COc1ccc(Cl)c(Nc2nc3ccccc3nc2C)c1. The summed E-state index contributed by atoms with van der Waals surface area (Å²) in [5.74, 6) is 1.41. The van der Waals surface area contributed by atoms with E-state index >= 15 is 0 Å². The molecule has 0 fully saturated rings. The molecule has 3 aromatic rings. The number of para-hydroxylation sites is 2. The number of benzene rings is 2. The van der Waals surface area contributed by atoms with Crippen LogP contribution in [0.4, 0.5) is 11.5 Å². The molecule has 4 nitrogen and oxygen atoms in total. The molecular formula is C16H14ClN3O. The van der Waals surface area contributed by atoms with Crippen LogP contribution in [0.3, 0.4) is 0 Å². The van der Waals surface area contributed by atoms with E-state index in [0.29, 0.717) is 10.8 Å². The summed E-state index contributed by atoms with van der Waals surface area (Å²) in [6.07, 6.45) is 0. The van der Waals surface area contributed by atoms with Crippen molar-refractivity contribution in [2.75, 3.05) is 12.4 Å². The maximum absolute atomic E-state index is 6.21. The lowest BCUT2D eigenvalue weighted by molar-refractivity contribution is 0.415. The second-order valence-electron chi connectivity index (χ2n) is 4.62. The summed E-state index contributed by atoms with van der Waals surface area (Å²) < 4.78 is 5.21. The predicted molar refractivity (Wildman–Crippen MR) is 85.6 cm³/mol. The Morgan fingerprint density at radius 3 is 2.48 bits per heavy atom. The first kappa shape index (κ1) is 13.6. The van der Waals surface area contributed by atoms with E-state index in [1.807, 2.05) is 43.3 Å². The van der Waals surface area contributed by atoms with Gasteiger partial charge in [-0.2, -0.15) is 0 Å². The second kappa shape index (κ2) is 5.58. The molecule has 106 valence electrons. The van der Waals surface area contributed by atoms with Gasteiger partial charge in [-0.1, -0.05) is 23.7 Å². The van der Waals surface area contributed by atoms with Gasteiger partial charge in [-0.3, -0.25) is 0 Å². The minimum Gasteiger partial charge on any atom is -0.497 e. The molecule has 0 aliphatic rings. The first-order chi connectivity index (χ1) is 10.2. The number of aryl methyl sites for hydroxylation is 1. The Morgan fingerprint density at radius 1 is 1.05 bits per heavy atom. The Kier molecular flexibility index (Phi) is 3.62. The number of anilines is 2. The summed E-state index contributed by atoms with van der Waals surface area (Å²) in [6.45, 7) is 1.91. The van der Waals surface area contributed by atoms with E-state index in [9.17, 15) is 0 Å². The van der Waals surface area contributed by atoms with Crippen molar-refractivity contribution in [3.8, 4) is 5.75 Å². The van der Waals surface area contributed by atoms with Crippen molar-refractivity contribution >= 4 is 34.1 Å². The van der Waals surface area contributed by atoms with Crippen molar-refractivity contribution in [2.45, 2.75) is 6.92 Å². The van der Waals surface area contributed by atoms with Gasteiger partial charge in [0.2, 0.25) is 0 Å². The fraction of sp³-hybridized carbons (Fsp3) is 0.125. The predicted octanol–water partition coefficient (Wildman–Crippen LogP) is 4.34. The van der Waals surface area contributed by atoms with Crippen LogP contribution in [0, 0.1) is 6.92 Å². The van der Waals surface area contributed by atoms with Gasteiger partial charge in [0.15, 0.2) is 5.82 Å². The van der Waals surface area contributed by atoms with Gasteiger partial charge in [-0.25, -0.2) is 9.97 Å². The van der Waals surface area contributed by atoms with E-state index in [2.05, 4.69) is 15.3 Å². The first-order valence-electron chi connectivity index (χ1n) is 6.51. The van der Waals surface area contributed by atoms with Gasteiger partial charge in [-0.15, -0.1) is 0 Å². The number of hydrogen-bond acceptors (Lipinski definition) is 4. The molecule has 0 aliphatic carbocycles. The molecule has 0 unspecified atom stereocenters. The van der Waals surface area contributed by atoms with Crippen molar-refractivity contribution < 1.29 is 4.74 Å². The second-order valence-corrected chi connectivity index (χ2v) is 5.02. The van der Waals surface area contributed by atoms with Gasteiger partial charge in [0.1, 0.15) is 5.75 Å². The molecule has 0 amide bonds. The molecule has 0 radical (unpaired) electrons. The lowest BCUT2D eigenvalue weighted by Gasteiger charge is -2.12. The van der Waals surface area contributed by atoms with Crippen molar-refractivity contribution in [3.63, 3.8) is 0 Å². The molecule has 1 aromatic heterocycles. The zero-order chi connectivity index (χ0) is 14.8. The van der Waals surface area contributed by atoms with Crippen LogP contribution in [-0.2, 0) is 0 Å². The molecule has 0 atom stereocenters. The monoisotopic (exact) mass is 299 g/mol. The topological polar surface area (TPSA) is 47.0 Å². The van der Waals surface area contributed by atoms with Crippen molar-refractivity contribution in [2.24, 2.45) is 0 Å². The highest BCUT2D eigenvalue weighted by atomic mass is 35.5. The van der Waals surface area contributed by atoms with E-state index in [4.69, 9.17) is 16.3 Å². The number of aromatic nitrogens is 2. The van der Waals surface area contributed by atoms with Gasteiger partial charge >= 0.3 is 0 Å². The van der Waals surface area contributed by atoms with Crippen LogP contribution in [0.25, 0.3) is 11.0 Å². The van der Waals surface area contributed by atoms with Crippen LogP contribution in [0.1, 0.15) is 5.69 Å². The van der Waals surface area contributed by atoms with Crippen LogP contribution in [0.2, 0.25) is 5.02 Å². The molecule has 0 spiro atoms. The molecule has 1 heterocycles. The van der Waals surface area contributed by atoms with Crippen LogP contribution in [0.15, 0.2) is 42.5 Å². The Bertz CT molecular complexity index is 805. The highest BCUT2D eigenvalue weighted by Crippen LogP contribution is 2.30. The zero-order valence-electron chi connectivity index (χ0n) is 11.7. The molecule has 3 rings (SSSR count). The third-order valence-corrected chi connectivity index (χ3v) is 3.50. The molecule has 0 bridgehead atoms. The van der Waals surface area contributed by atoms with E-state index in [-0.39, 0.29) is 0 Å². The van der Waals surface area contributed by atoms with Crippen molar-refractivity contribution in [1.82, 2.24) is 9.97 Å². The molecule has 0 aliphatic heterocycles. The number of methoxy groups -OCH3 is 1. The van der Waals surface area contributed by atoms with E-state index in [1.54, 1.807) is 13.2 Å². The Hall–Kier alpha value is -2.33. The van der Waals surface area contributed by atoms with Gasteiger partial charge in [0, 0.05) is 6.07 Å². The zero-order valence-corrected chi connectivity index (χ0v) is 12.5. The maximum Gasteiger partial charge on any atom is 0.152 e. The first-order valence-corrected chi connectivity index (χ1v) is 6.89. The maximum atomic E-state index is 6.21. The molecule has 0 saturated heterocycles. The van der Waals surface area contributed by atoms with Crippen LogP contribution < -0.4 is 10.1 Å². The molecule has 21 heavy (non-hydrogen) atoms. The number of hydrogen-bond donors (Lipinski definition) is 1. The number of nitrogens with zero attached hydrogens (tertiary/aromatic N) is 2. The summed E-state index contributed by atoms with van der Waals surface area (Å²) in [6, 6.07) is 13.2. The summed E-state index contributed by atoms with van der Waals surface area (Å²) >= 11 is 6.21. The quantitative estimate of drug-likeness (QED) is 0.781. The van der Waals surface area contributed by atoms with Gasteiger partial charge in [-0.05, 0) is 31.2 Å². The summed E-state index contributed by atoms with van der Waals surface area (Å²) in [7, 11) is 1.62. The standard InChI is InChI=1S/C16H14ClN3O/c1-10-16(19-14-6-4-3-5-13(14)18-10)20-15-9-11(21-2)7-8-12(15)17/h3-9H,1-2H3,(H,19,20). The van der Waals surface area contributed by atoms with Crippen molar-refractivity contribution in [3.05, 3.63) is 53.2 Å². The van der Waals surface area contributed by atoms with E-state index in [0.717, 1.165) is 28.2 Å². The number of fused-ring (bicyclic) bond motifs is 1.